The lowest BCUT2D eigenvalue weighted by Gasteiger charge is -2.22. The molecule has 0 aromatic heterocycles. The smallest absolute Gasteiger partial charge is 0.265 e. The average molecular weight is 513 g/mol. The van der Waals surface area contributed by atoms with Crippen molar-refractivity contribution in [3.05, 3.63) is 0 Å². The molecule has 0 amide bonds. The molecule has 0 saturated carbocycles. The third kappa shape index (κ3) is 16.7. The lowest BCUT2D eigenvalue weighted by molar-refractivity contribution is -0.136. The van der Waals surface area contributed by atoms with Crippen molar-refractivity contribution in [2.75, 3.05) is 11.5 Å². The molecule has 0 bridgehead atoms. The first-order valence-electron chi connectivity index (χ1n) is 10.7. The summed E-state index contributed by atoms with van der Waals surface area (Å²) < 4.78 is 62.1. The molecule has 0 heterocycles. The highest BCUT2D eigenvalue weighted by Gasteiger charge is 2.28. The van der Waals surface area contributed by atoms with Crippen LogP contribution in [0.5, 0.6) is 0 Å². The minimum atomic E-state index is -4.15. The van der Waals surface area contributed by atoms with Crippen LogP contribution < -0.4 is 0 Å². The van der Waals surface area contributed by atoms with Gasteiger partial charge in [-0.15, -0.1) is 0 Å². The van der Waals surface area contributed by atoms with Crippen molar-refractivity contribution in [2.24, 2.45) is 16.7 Å². The molecular formula is C21H36O10S2. The number of ketones is 3. The summed E-state index contributed by atoms with van der Waals surface area (Å²) in [6.45, 7) is 6.56. The van der Waals surface area contributed by atoms with E-state index in [0.717, 1.165) is 0 Å². The molecule has 33 heavy (non-hydrogen) atoms. The van der Waals surface area contributed by atoms with Gasteiger partial charge in [0.25, 0.3) is 20.2 Å². The van der Waals surface area contributed by atoms with E-state index in [1.54, 1.807) is 27.7 Å². The van der Waals surface area contributed by atoms with Gasteiger partial charge in [0, 0.05) is 31.6 Å². The van der Waals surface area contributed by atoms with Gasteiger partial charge in [-0.05, 0) is 36.5 Å². The maximum absolute atomic E-state index is 12.3. The third-order valence-corrected chi connectivity index (χ3v) is 7.52. The minimum absolute atomic E-state index is 0.0373. The molecule has 0 spiro atoms. The number of hydrogen-bond donors (Lipinski definition) is 2. The summed E-state index contributed by atoms with van der Waals surface area (Å²) in [7, 11) is -8.31. The lowest BCUT2D eigenvalue weighted by atomic mass is 9.86. The van der Waals surface area contributed by atoms with Crippen LogP contribution in [0.4, 0.5) is 0 Å². The Hall–Kier alpha value is -1.50. The Labute approximate surface area is 196 Å². The molecule has 10 nitrogen and oxygen atoms in total. The van der Waals surface area contributed by atoms with E-state index in [1.807, 2.05) is 0 Å². The number of carbonyl (C=O) groups excluding carboxylic acids is 4. The largest absolute Gasteiger partial charge is 0.300 e. The summed E-state index contributed by atoms with van der Waals surface area (Å²) in [5.74, 6) is -3.49. The van der Waals surface area contributed by atoms with Crippen molar-refractivity contribution >= 4 is 43.9 Å². The Morgan fingerprint density at radius 2 is 1.09 bits per heavy atom. The van der Waals surface area contributed by atoms with Crippen LogP contribution in [-0.4, -0.2) is 61.1 Å². The molecule has 0 atom stereocenters. The Bertz CT molecular complexity index is 849. The van der Waals surface area contributed by atoms with Crippen molar-refractivity contribution in [1.82, 2.24) is 0 Å². The van der Waals surface area contributed by atoms with Crippen molar-refractivity contribution in [3.63, 3.8) is 0 Å². The zero-order valence-corrected chi connectivity index (χ0v) is 21.3. The molecule has 0 aromatic rings. The van der Waals surface area contributed by atoms with Crippen molar-refractivity contribution in [3.8, 4) is 0 Å². The summed E-state index contributed by atoms with van der Waals surface area (Å²) in [5.41, 5.74) is -1.49. The first-order valence-corrected chi connectivity index (χ1v) is 13.9. The van der Waals surface area contributed by atoms with E-state index in [-0.39, 0.29) is 43.5 Å². The van der Waals surface area contributed by atoms with Gasteiger partial charge in [-0.3, -0.25) is 28.3 Å². The molecule has 2 N–H and O–H groups in total. The second-order valence-electron chi connectivity index (χ2n) is 10.2. The van der Waals surface area contributed by atoms with Crippen LogP contribution in [0.3, 0.4) is 0 Å². The van der Waals surface area contributed by atoms with Crippen LogP contribution in [0.15, 0.2) is 0 Å². The lowest BCUT2D eigenvalue weighted by Crippen LogP contribution is -2.25. The van der Waals surface area contributed by atoms with Crippen LogP contribution >= 0.6 is 0 Å². The second-order valence-corrected chi connectivity index (χ2v) is 13.1. The van der Waals surface area contributed by atoms with Crippen LogP contribution in [0.2, 0.25) is 0 Å². The quantitative estimate of drug-likeness (QED) is 0.157. The van der Waals surface area contributed by atoms with E-state index in [2.05, 4.69) is 0 Å². The normalized spacial score (nSPS) is 13.2. The summed E-state index contributed by atoms with van der Waals surface area (Å²) in [4.78, 5) is 47.4. The van der Waals surface area contributed by atoms with E-state index < -0.39 is 54.3 Å². The first kappa shape index (κ1) is 31.5. The van der Waals surface area contributed by atoms with E-state index in [9.17, 15) is 36.0 Å². The Balaban J connectivity index is 4.71. The highest BCUT2D eigenvalue weighted by molar-refractivity contribution is 7.86. The number of aldehydes is 1. The fourth-order valence-corrected chi connectivity index (χ4v) is 6.05. The molecule has 0 unspecified atom stereocenters. The Morgan fingerprint density at radius 1 is 0.758 bits per heavy atom. The molecule has 0 radical (unpaired) electrons. The van der Waals surface area contributed by atoms with Gasteiger partial charge in [0.05, 0.1) is 11.5 Å². The minimum Gasteiger partial charge on any atom is -0.300 e. The zero-order chi connectivity index (χ0) is 26.1. The Kier molecular flexibility index (Phi) is 12.2. The topological polar surface area (TPSA) is 177 Å². The average Bonchev–Trinajstić information content (AvgIpc) is 2.55. The van der Waals surface area contributed by atoms with Gasteiger partial charge >= 0.3 is 0 Å². The van der Waals surface area contributed by atoms with Gasteiger partial charge in [0.15, 0.2) is 12.1 Å². The van der Waals surface area contributed by atoms with Gasteiger partial charge < -0.3 is 0 Å². The van der Waals surface area contributed by atoms with Crippen LogP contribution in [-0.2, 0) is 39.4 Å². The molecule has 12 heteroatoms. The first-order chi connectivity index (χ1) is 14.8. The third-order valence-electron chi connectivity index (χ3n) is 5.23. The predicted molar refractivity (Wildman–Crippen MR) is 122 cm³/mol. The summed E-state index contributed by atoms with van der Waals surface area (Å²) in [6, 6.07) is 0. The van der Waals surface area contributed by atoms with Gasteiger partial charge in [0.2, 0.25) is 0 Å². The van der Waals surface area contributed by atoms with Gasteiger partial charge in [-0.25, -0.2) is 0 Å². The van der Waals surface area contributed by atoms with Crippen molar-refractivity contribution < 1.29 is 45.1 Å². The monoisotopic (exact) mass is 512 g/mol. The number of carbonyl (C=O) groups is 4. The summed E-state index contributed by atoms with van der Waals surface area (Å²) in [6.07, 6.45) is 0.903. The molecular weight excluding hydrogens is 476 g/mol. The van der Waals surface area contributed by atoms with E-state index in [4.69, 9.17) is 9.11 Å². The molecule has 0 aliphatic carbocycles. The number of rotatable bonds is 18. The second kappa shape index (κ2) is 12.8. The molecule has 192 valence electrons. The molecule has 0 saturated heterocycles. The SMILES string of the molecule is CC(C)(CCCC(=O)CC(CC(=O)CCCC(C)(C)CS(=O)(=O)O)C(=O)C=O)CS(=O)(=O)O. The standard InChI is InChI=1S/C21H36O10S2/c1-20(2,14-32(26,27)28)9-5-7-17(23)11-16(19(25)13-22)12-18(24)8-6-10-21(3,4)15-33(29,30)31/h13,16H,5-12,14-15H2,1-4H3,(H,26,27,28)(H,29,30,31). The van der Waals surface area contributed by atoms with Crippen molar-refractivity contribution in [1.29, 1.82) is 0 Å². The maximum Gasteiger partial charge on any atom is 0.265 e. The molecule has 0 aliphatic rings. The zero-order valence-electron chi connectivity index (χ0n) is 19.7. The van der Waals surface area contributed by atoms with Gasteiger partial charge in [-0.1, -0.05) is 27.7 Å². The Morgan fingerprint density at radius 3 is 1.36 bits per heavy atom. The number of Topliss-reactive ketones (excluding diaryl/α,β-unsaturated/α-hetero) is 3. The van der Waals surface area contributed by atoms with E-state index >= 15 is 0 Å². The van der Waals surface area contributed by atoms with Crippen LogP contribution in [0.25, 0.3) is 0 Å². The summed E-state index contributed by atoms with van der Waals surface area (Å²) in [5, 5.41) is 0. The molecule has 0 rings (SSSR count). The van der Waals surface area contributed by atoms with Crippen molar-refractivity contribution in [2.45, 2.75) is 79.1 Å². The fourth-order valence-electron chi connectivity index (χ4n) is 3.78. The summed E-state index contributed by atoms with van der Waals surface area (Å²) >= 11 is 0. The highest BCUT2D eigenvalue weighted by Crippen LogP contribution is 2.27. The molecule has 0 fully saturated rings. The number of hydrogen-bond acceptors (Lipinski definition) is 8. The molecule has 0 aliphatic heterocycles. The van der Waals surface area contributed by atoms with E-state index in [1.165, 1.54) is 0 Å². The van der Waals surface area contributed by atoms with Crippen LogP contribution in [0.1, 0.15) is 79.1 Å². The highest BCUT2D eigenvalue weighted by atomic mass is 32.2. The van der Waals surface area contributed by atoms with Gasteiger partial charge in [-0.2, -0.15) is 16.8 Å². The molecule has 0 aromatic carbocycles. The van der Waals surface area contributed by atoms with Crippen LogP contribution in [0, 0.1) is 16.7 Å². The van der Waals surface area contributed by atoms with E-state index in [0.29, 0.717) is 25.7 Å². The van der Waals surface area contributed by atoms with Gasteiger partial charge in [0.1, 0.15) is 11.6 Å². The fraction of sp³-hybridized carbons (Fsp3) is 0.810. The maximum atomic E-state index is 12.3. The predicted octanol–water partition coefficient (Wildman–Crippen LogP) is 2.46.